The maximum Gasteiger partial charge on any atom is 0.522 e. The van der Waals surface area contributed by atoms with Crippen LogP contribution >= 0.6 is 11.6 Å². The minimum Gasteiger partial charge on any atom is -0.480 e. The Morgan fingerprint density at radius 3 is 2.77 bits per heavy atom. The largest absolute Gasteiger partial charge is 0.522 e. The first-order chi connectivity index (χ1) is 16.5. The highest BCUT2D eigenvalue weighted by Crippen LogP contribution is 2.65. The van der Waals surface area contributed by atoms with Crippen LogP contribution < -0.4 is 10.1 Å². The molecule has 4 aliphatic carbocycles. The number of nitrogens with zero attached hydrogens (tertiary/aromatic N) is 3. The summed E-state index contributed by atoms with van der Waals surface area (Å²) >= 11 is 5.99. The molecule has 0 saturated heterocycles. The van der Waals surface area contributed by atoms with Gasteiger partial charge in [0.05, 0.1) is 23.4 Å². The van der Waals surface area contributed by atoms with Crippen molar-refractivity contribution in [2.45, 2.75) is 86.6 Å². The summed E-state index contributed by atoms with van der Waals surface area (Å²) in [5.74, 6) is 0.0796. The number of hydrogen-bond acceptors (Lipinski definition) is 6. The standard InChI is InChI=1S/C23H24ClF3N4O4/c24-13-2-4-18-15(6-13)17(32)7-19(34-18)20(33)28-21-9-22(10-21,11-21)31-8-16(29-30-31)12-1-3-14(5-12)35-23(25,26)27/h2,4,6,8,12,14,17,19,32H,1,3,5,7,9-11H2,(H,28,33)/t12-,14+,17+,19+,21?,22?/m0/s1. The molecule has 4 atom stereocenters. The van der Waals surface area contributed by atoms with Crippen molar-refractivity contribution in [3.63, 3.8) is 0 Å². The number of carbonyl (C=O) groups excluding carboxylic acids is 1. The van der Waals surface area contributed by atoms with Crippen LogP contribution in [0.2, 0.25) is 5.02 Å². The summed E-state index contributed by atoms with van der Waals surface area (Å²) in [5.41, 5.74) is 0.697. The number of rotatable bonds is 5. The van der Waals surface area contributed by atoms with E-state index in [2.05, 4.69) is 20.4 Å². The summed E-state index contributed by atoms with van der Waals surface area (Å²) in [6.45, 7) is 0. The number of aliphatic hydroxyl groups excluding tert-OH is 1. The lowest BCUT2D eigenvalue weighted by atomic mass is 9.44. The molecule has 1 aromatic heterocycles. The van der Waals surface area contributed by atoms with Crippen LogP contribution in [0.4, 0.5) is 13.2 Å². The van der Waals surface area contributed by atoms with E-state index < -0.39 is 24.7 Å². The zero-order chi connectivity index (χ0) is 24.6. The molecule has 2 bridgehead atoms. The maximum absolute atomic E-state index is 12.9. The van der Waals surface area contributed by atoms with Crippen LogP contribution in [0, 0.1) is 0 Å². The number of halogens is 4. The summed E-state index contributed by atoms with van der Waals surface area (Å²) < 4.78 is 49.3. The lowest BCUT2D eigenvalue weighted by molar-refractivity contribution is -0.341. The van der Waals surface area contributed by atoms with E-state index in [4.69, 9.17) is 16.3 Å². The van der Waals surface area contributed by atoms with Crippen LogP contribution in [0.5, 0.6) is 5.75 Å². The molecule has 2 N–H and O–H groups in total. The van der Waals surface area contributed by atoms with Crippen molar-refractivity contribution >= 4 is 17.5 Å². The van der Waals surface area contributed by atoms with Gasteiger partial charge in [0.2, 0.25) is 0 Å². The van der Waals surface area contributed by atoms with E-state index in [1.165, 1.54) is 0 Å². The summed E-state index contributed by atoms with van der Waals surface area (Å²) in [7, 11) is 0. The fourth-order valence-electron chi connectivity index (χ4n) is 6.23. The first kappa shape index (κ1) is 23.1. The van der Waals surface area contributed by atoms with E-state index in [-0.39, 0.29) is 35.7 Å². The van der Waals surface area contributed by atoms with E-state index in [1.807, 2.05) is 6.20 Å². The van der Waals surface area contributed by atoms with Crippen molar-refractivity contribution in [3.8, 4) is 5.75 Å². The normalized spacial score (nSPS) is 35.5. The van der Waals surface area contributed by atoms with E-state index in [1.54, 1.807) is 22.9 Å². The number of alkyl halides is 3. The van der Waals surface area contributed by atoms with Crippen LogP contribution in [-0.4, -0.2) is 50.1 Å². The van der Waals surface area contributed by atoms with E-state index >= 15 is 0 Å². The lowest BCUT2D eigenvalue weighted by Crippen LogP contribution is -2.79. The topological polar surface area (TPSA) is 98.5 Å². The zero-order valence-electron chi connectivity index (χ0n) is 18.6. The molecule has 2 heterocycles. The van der Waals surface area contributed by atoms with Gasteiger partial charge in [0, 0.05) is 34.7 Å². The molecule has 7 rings (SSSR count). The number of amides is 1. The van der Waals surface area contributed by atoms with Gasteiger partial charge in [0.1, 0.15) is 5.75 Å². The number of fused-ring (bicyclic) bond motifs is 1. The highest BCUT2D eigenvalue weighted by atomic mass is 35.5. The van der Waals surface area contributed by atoms with Crippen molar-refractivity contribution in [1.82, 2.24) is 20.3 Å². The van der Waals surface area contributed by atoms with Crippen molar-refractivity contribution in [3.05, 3.63) is 40.7 Å². The molecule has 0 unspecified atom stereocenters. The van der Waals surface area contributed by atoms with Gasteiger partial charge < -0.3 is 15.2 Å². The predicted molar refractivity (Wildman–Crippen MR) is 116 cm³/mol. The SMILES string of the molecule is O=C(NC12CC(n3cc([C@H]4CC[C@@H](OC(F)(F)F)C4)nn3)(C1)C2)[C@H]1C[C@@H](O)c2cc(Cl)ccc2O1. The van der Waals surface area contributed by atoms with Gasteiger partial charge in [-0.1, -0.05) is 16.8 Å². The van der Waals surface area contributed by atoms with Crippen molar-refractivity contribution < 1.29 is 32.5 Å². The first-order valence-electron chi connectivity index (χ1n) is 11.7. The molecule has 188 valence electrons. The van der Waals surface area contributed by atoms with Gasteiger partial charge in [-0.25, -0.2) is 4.68 Å². The Hall–Kier alpha value is -2.37. The Morgan fingerprint density at radius 2 is 2.03 bits per heavy atom. The molecule has 8 nitrogen and oxygen atoms in total. The molecule has 5 aliphatic rings. The predicted octanol–water partition coefficient (Wildman–Crippen LogP) is 3.74. The minimum atomic E-state index is -4.63. The van der Waals surface area contributed by atoms with Gasteiger partial charge >= 0.3 is 6.36 Å². The minimum absolute atomic E-state index is 0.107. The fourth-order valence-corrected chi connectivity index (χ4v) is 6.41. The maximum atomic E-state index is 12.9. The number of benzene rings is 1. The van der Waals surface area contributed by atoms with Gasteiger partial charge in [-0.2, -0.15) is 0 Å². The van der Waals surface area contributed by atoms with Crippen molar-refractivity contribution in [2.75, 3.05) is 0 Å². The lowest BCUT2D eigenvalue weighted by Gasteiger charge is -2.69. The Morgan fingerprint density at radius 1 is 1.26 bits per heavy atom. The van der Waals surface area contributed by atoms with Crippen LogP contribution in [0.25, 0.3) is 0 Å². The summed E-state index contributed by atoms with van der Waals surface area (Å²) in [6, 6.07) is 4.95. The second-order valence-electron chi connectivity index (χ2n) is 10.3. The Labute approximate surface area is 203 Å². The van der Waals surface area contributed by atoms with Gasteiger partial charge in [-0.15, -0.1) is 18.3 Å². The van der Waals surface area contributed by atoms with Gasteiger partial charge in [-0.3, -0.25) is 9.53 Å². The average molecular weight is 513 g/mol. The fraction of sp³-hybridized carbons (Fsp3) is 0.609. The quantitative estimate of drug-likeness (QED) is 0.633. The van der Waals surface area contributed by atoms with Crippen LogP contribution in [0.15, 0.2) is 24.4 Å². The Balaban J connectivity index is 1.04. The number of aromatic nitrogens is 3. The molecule has 0 radical (unpaired) electrons. The van der Waals surface area contributed by atoms with Gasteiger partial charge in [-0.05, 0) is 56.7 Å². The summed E-state index contributed by atoms with van der Waals surface area (Å²) in [4.78, 5) is 12.9. The summed E-state index contributed by atoms with van der Waals surface area (Å²) in [5, 5.41) is 22.5. The Bertz CT molecular complexity index is 1150. The highest BCUT2D eigenvalue weighted by molar-refractivity contribution is 6.30. The highest BCUT2D eigenvalue weighted by Gasteiger charge is 2.70. The third-order valence-corrected chi connectivity index (χ3v) is 8.06. The summed E-state index contributed by atoms with van der Waals surface area (Å²) in [6.07, 6.45) is -1.85. The van der Waals surface area contributed by atoms with Crippen LogP contribution in [0.1, 0.15) is 68.2 Å². The molecule has 4 saturated carbocycles. The number of hydrogen-bond donors (Lipinski definition) is 2. The number of nitrogens with one attached hydrogen (secondary N) is 1. The van der Waals surface area contributed by atoms with Crippen molar-refractivity contribution in [1.29, 1.82) is 0 Å². The Kier molecular flexibility index (Phi) is 5.15. The molecule has 2 aromatic rings. The molecule has 1 amide bonds. The smallest absolute Gasteiger partial charge is 0.480 e. The third kappa shape index (κ3) is 4.07. The van der Waals surface area contributed by atoms with Gasteiger partial charge in [0.25, 0.3) is 5.91 Å². The number of ether oxygens (including phenoxy) is 2. The monoisotopic (exact) mass is 512 g/mol. The van der Waals surface area contributed by atoms with Crippen LogP contribution in [0.3, 0.4) is 0 Å². The molecule has 1 aliphatic heterocycles. The molecule has 12 heteroatoms. The first-order valence-corrected chi connectivity index (χ1v) is 12.0. The number of carbonyl (C=O) groups is 1. The molecule has 4 fully saturated rings. The molecule has 0 spiro atoms. The van der Waals surface area contributed by atoms with E-state index in [0.717, 1.165) is 0 Å². The zero-order valence-corrected chi connectivity index (χ0v) is 19.3. The second kappa shape index (κ2) is 7.81. The second-order valence-corrected chi connectivity index (χ2v) is 10.8. The van der Waals surface area contributed by atoms with Gasteiger partial charge in [0.15, 0.2) is 6.10 Å². The number of aliphatic hydroxyl groups is 1. The van der Waals surface area contributed by atoms with E-state index in [9.17, 15) is 23.1 Å². The molecule has 35 heavy (non-hydrogen) atoms. The molecule has 1 aromatic carbocycles. The van der Waals surface area contributed by atoms with Crippen LogP contribution in [-0.2, 0) is 15.1 Å². The molecular weight excluding hydrogens is 489 g/mol. The molecular formula is C23H24ClF3N4O4. The average Bonchev–Trinajstić information content (AvgIpc) is 3.38. The third-order valence-electron chi connectivity index (χ3n) is 7.82. The van der Waals surface area contributed by atoms with Crippen molar-refractivity contribution in [2.24, 2.45) is 0 Å². The van der Waals surface area contributed by atoms with E-state index in [0.29, 0.717) is 54.1 Å².